The van der Waals surface area contributed by atoms with Crippen LogP contribution in [-0.2, 0) is 38.0 Å². The molecule has 0 spiro atoms. The van der Waals surface area contributed by atoms with E-state index in [9.17, 15) is 66.1 Å². The van der Waals surface area contributed by atoms with Crippen molar-refractivity contribution in [1.29, 1.82) is 0 Å². The first kappa shape index (κ1) is 38.5. The number of rotatable bonds is 10. The van der Waals surface area contributed by atoms with Gasteiger partial charge in [-0.2, -0.15) is 0 Å². The molecule has 21 heteroatoms. The van der Waals surface area contributed by atoms with Crippen LogP contribution in [0.3, 0.4) is 0 Å². The van der Waals surface area contributed by atoms with Crippen molar-refractivity contribution >= 4 is 5.91 Å². The number of hydrogen-bond acceptors (Lipinski definition) is 20. The second-order valence-electron chi connectivity index (χ2n) is 11.9. The molecule has 4 saturated heterocycles. The van der Waals surface area contributed by atoms with Crippen molar-refractivity contribution in [2.45, 2.75) is 137 Å². The van der Waals surface area contributed by atoms with Crippen LogP contribution in [0, 0.1) is 0 Å². The Morgan fingerprint density at radius 3 is 1.57 bits per heavy atom. The first-order chi connectivity index (χ1) is 22.1. The summed E-state index contributed by atoms with van der Waals surface area (Å²) in [5.41, 5.74) is 0. The van der Waals surface area contributed by atoms with Crippen molar-refractivity contribution in [2.24, 2.45) is 0 Å². The van der Waals surface area contributed by atoms with Crippen LogP contribution >= 0.6 is 0 Å². The Bertz CT molecular complexity index is 1010. The second kappa shape index (κ2) is 16.2. The topological polar surface area (TPSA) is 336 Å². The standard InChI is InChI=1S/C26H45NO20/c1-6-12(32)16(36)18(38)25(41-6)47-22-21(15(35)9(4-29)42-23(22)40)46-24-11(27-7(2)31)20(14(34)10(5-30)43-24)45-26-19(39)17(37)13(33)8(3-28)44-26/h6,8-26,28-30,32-40H,3-5H2,1-2H3,(H,27,31)/t6-,8+,9+,10+,11+,12+,13-,14-,15-,16+,17-,18-,19+,20+,21-,22+,23+,24+,25-,26-/m0/s1. The van der Waals surface area contributed by atoms with Crippen molar-refractivity contribution in [2.75, 3.05) is 19.8 Å². The molecule has 21 nitrogen and oxygen atoms in total. The zero-order valence-electron chi connectivity index (χ0n) is 25.3. The largest absolute Gasteiger partial charge is 0.394 e. The highest BCUT2D eigenvalue weighted by atomic mass is 16.8. The lowest BCUT2D eigenvalue weighted by atomic mass is 9.94. The highest BCUT2D eigenvalue weighted by molar-refractivity contribution is 5.73. The zero-order chi connectivity index (χ0) is 34.9. The van der Waals surface area contributed by atoms with Crippen molar-refractivity contribution in [3.05, 3.63) is 0 Å². The smallest absolute Gasteiger partial charge is 0.217 e. The summed E-state index contributed by atoms with van der Waals surface area (Å²) in [7, 11) is 0. The van der Waals surface area contributed by atoms with Crippen LogP contribution in [0.4, 0.5) is 0 Å². The van der Waals surface area contributed by atoms with E-state index in [1.807, 2.05) is 0 Å². The predicted octanol–water partition coefficient (Wildman–Crippen LogP) is -8.58. The number of nitrogens with one attached hydrogen (secondary N) is 1. The molecule has 20 atom stereocenters. The molecule has 0 saturated carbocycles. The molecule has 0 unspecified atom stereocenters. The van der Waals surface area contributed by atoms with Gasteiger partial charge in [0.15, 0.2) is 25.2 Å². The van der Waals surface area contributed by atoms with Gasteiger partial charge in [-0.05, 0) is 6.92 Å². The van der Waals surface area contributed by atoms with Crippen LogP contribution in [0.15, 0.2) is 0 Å². The molecule has 0 aliphatic carbocycles. The molecule has 4 aliphatic rings. The summed E-state index contributed by atoms with van der Waals surface area (Å²) in [5.74, 6) is -0.752. The molecule has 0 aromatic rings. The van der Waals surface area contributed by atoms with E-state index in [0.717, 1.165) is 6.92 Å². The summed E-state index contributed by atoms with van der Waals surface area (Å²) in [4.78, 5) is 12.3. The second-order valence-corrected chi connectivity index (χ2v) is 11.9. The number of carbonyl (C=O) groups is 1. The van der Waals surface area contributed by atoms with Crippen molar-refractivity contribution in [3.8, 4) is 0 Å². The van der Waals surface area contributed by atoms with Gasteiger partial charge >= 0.3 is 0 Å². The lowest BCUT2D eigenvalue weighted by molar-refractivity contribution is -0.386. The molecule has 274 valence electrons. The lowest BCUT2D eigenvalue weighted by Gasteiger charge is -2.50. The fraction of sp³-hybridized carbons (Fsp3) is 0.962. The molecule has 13 N–H and O–H groups in total. The van der Waals surface area contributed by atoms with Crippen LogP contribution in [-0.4, -0.2) is 210 Å². The van der Waals surface area contributed by atoms with Crippen LogP contribution in [0.5, 0.6) is 0 Å². The SMILES string of the molecule is CC(=O)N[C@H]1[C@@H](O[C@H]2[C@@H](O)[C@@H](CO)O[C@@H](O)[C@@H]2O[C@@H]2O[C@@H](C)[C@@H](O)[C@@H](O)[C@@H]2O)O[C@H](CO)[C@H](O)[C@@H]1O[C@@H]1O[C@H](CO)[C@H](O)[C@H](O)[C@H]1O. The Morgan fingerprint density at radius 1 is 0.553 bits per heavy atom. The monoisotopic (exact) mass is 691 g/mol. The lowest BCUT2D eigenvalue weighted by Crippen LogP contribution is -2.70. The van der Waals surface area contributed by atoms with Gasteiger partial charge in [0.05, 0.1) is 25.9 Å². The first-order valence-electron chi connectivity index (χ1n) is 15.0. The Morgan fingerprint density at radius 2 is 1.00 bits per heavy atom. The number of hydrogen-bond donors (Lipinski definition) is 13. The molecule has 0 aromatic carbocycles. The molecule has 4 aliphatic heterocycles. The molecule has 0 bridgehead atoms. The molecular formula is C26H45NO20. The number of aliphatic hydroxyl groups is 12. The minimum absolute atomic E-state index is 0.752. The number of amides is 1. The van der Waals surface area contributed by atoms with Crippen LogP contribution in [0.25, 0.3) is 0 Å². The summed E-state index contributed by atoms with van der Waals surface area (Å²) >= 11 is 0. The van der Waals surface area contributed by atoms with Gasteiger partial charge in [0.25, 0.3) is 0 Å². The van der Waals surface area contributed by atoms with Crippen molar-refractivity contribution in [3.63, 3.8) is 0 Å². The third kappa shape index (κ3) is 8.04. The molecule has 4 heterocycles. The van der Waals surface area contributed by atoms with Crippen molar-refractivity contribution in [1.82, 2.24) is 5.32 Å². The third-order valence-corrected chi connectivity index (χ3v) is 8.57. The van der Waals surface area contributed by atoms with E-state index in [-0.39, 0.29) is 0 Å². The summed E-state index contributed by atoms with van der Waals surface area (Å²) < 4.78 is 39.1. The molecule has 0 aromatic heterocycles. The molecule has 0 radical (unpaired) electrons. The van der Waals surface area contributed by atoms with Gasteiger partial charge in [-0.25, -0.2) is 0 Å². The van der Waals surface area contributed by atoms with Gasteiger partial charge in [0.2, 0.25) is 5.91 Å². The van der Waals surface area contributed by atoms with Crippen molar-refractivity contribution < 1.29 is 99.2 Å². The van der Waals surface area contributed by atoms with E-state index >= 15 is 0 Å². The predicted molar refractivity (Wildman–Crippen MR) is 144 cm³/mol. The molecule has 4 rings (SSSR count). The quantitative estimate of drug-likeness (QED) is 0.101. The van der Waals surface area contributed by atoms with E-state index in [2.05, 4.69) is 5.32 Å². The maximum absolute atomic E-state index is 12.3. The number of ether oxygens (including phenoxy) is 7. The minimum Gasteiger partial charge on any atom is -0.394 e. The molecule has 4 fully saturated rings. The number of aliphatic hydroxyl groups excluding tert-OH is 12. The highest BCUT2D eigenvalue weighted by Crippen LogP contribution is 2.34. The maximum Gasteiger partial charge on any atom is 0.217 e. The average Bonchev–Trinajstić information content (AvgIpc) is 3.04. The Balaban J connectivity index is 1.65. The highest BCUT2D eigenvalue weighted by Gasteiger charge is 2.56. The zero-order valence-corrected chi connectivity index (χ0v) is 25.3. The molecular weight excluding hydrogens is 646 g/mol. The fourth-order valence-electron chi connectivity index (χ4n) is 5.86. The van der Waals surface area contributed by atoms with Crippen LogP contribution < -0.4 is 5.32 Å². The van der Waals surface area contributed by atoms with Gasteiger partial charge in [0, 0.05) is 6.92 Å². The van der Waals surface area contributed by atoms with Gasteiger partial charge in [-0.1, -0.05) is 0 Å². The van der Waals surface area contributed by atoms with Crippen LogP contribution in [0.1, 0.15) is 13.8 Å². The normalized spacial score (nSPS) is 51.0. The maximum atomic E-state index is 12.3. The van der Waals surface area contributed by atoms with Gasteiger partial charge in [0.1, 0.15) is 91.5 Å². The van der Waals surface area contributed by atoms with Gasteiger partial charge in [-0.3, -0.25) is 4.79 Å². The Kier molecular flexibility index (Phi) is 13.2. The third-order valence-electron chi connectivity index (χ3n) is 8.57. The van der Waals surface area contributed by atoms with E-state index < -0.39 is 148 Å². The number of carbonyl (C=O) groups excluding carboxylic acids is 1. The summed E-state index contributed by atoms with van der Waals surface area (Å²) in [6.45, 7) is -0.126. The van der Waals surface area contributed by atoms with E-state index in [0.29, 0.717) is 0 Å². The van der Waals surface area contributed by atoms with Gasteiger partial charge in [-0.15, -0.1) is 0 Å². The average molecular weight is 692 g/mol. The van der Waals surface area contributed by atoms with E-state index in [4.69, 9.17) is 33.2 Å². The van der Waals surface area contributed by atoms with Crippen LogP contribution in [0.2, 0.25) is 0 Å². The summed E-state index contributed by atoms with van der Waals surface area (Å²) in [6, 6.07) is -1.59. The minimum atomic E-state index is -2.00. The molecule has 47 heavy (non-hydrogen) atoms. The molecule has 1 amide bonds. The Labute approximate surface area is 267 Å². The van der Waals surface area contributed by atoms with E-state index in [1.54, 1.807) is 0 Å². The van der Waals surface area contributed by atoms with E-state index in [1.165, 1.54) is 6.92 Å². The first-order valence-corrected chi connectivity index (χ1v) is 15.0. The Hall–Kier alpha value is -1.29. The summed E-state index contributed by atoms with van der Waals surface area (Å²) in [6.07, 6.45) is -32.5. The fourth-order valence-corrected chi connectivity index (χ4v) is 5.86. The summed E-state index contributed by atoms with van der Waals surface area (Å²) in [5, 5.41) is 126. The van der Waals surface area contributed by atoms with Gasteiger partial charge < -0.3 is 99.8 Å².